The molecule has 0 radical (unpaired) electrons. The van der Waals surface area contributed by atoms with E-state index >= 15 is 0 Å². The van der Waals surface area contributed by atoms with Crippen LogP contribution in [0.2, 0.25) is 0 Å². The number of carbonyl (C=O) groups excluding carboxylic acids is 1. The maximum absolute atomic E-state index is 13.7. The van der Waals surface area contributed by atoms with Crippen molar-refractivity contribution in [2.45, 2.75) is 11.3 Å². The molecule has 2 aromatic carbocycles. The molecule has 0 aliphatic rings. The van der Waals surface area contributed by atoms with E-state index in [4.69, 9.17) is 0 Å². The number of nitrogens with zero attached hydrogens (tertiary/aromatic N) is 1. The van der Waals surface area contributed by atoms with Crippen LogP contribution in [0.1, 0.15) is 16.8 Å². The average molecular weight is 379 g/mol. The fourth-order valence-corrected chi connectivity index (χ4v) is 3.14. The topological polar surface area (TPSA) is 78.5 Å². The van der Waals surface area contributed by atoms with E-state index in [2.05, 4.69) is 10.0 Å². The number of hydrogen-bond donors (Lipinski definition) is 2. The van der Waals surface area contributed by atoms with Crippen molar-refractivity contribution in [1.29, 1.82) is 0 Å². The molecule has 0 atom stereocenters. The second kappa shape index (κ2) is 8.77. The second-order valence-electron chi connectivity index (χ2n) is 5.71. The highest BCUT2D eigenvalue weighted by atomic mass is 32.2. The number of carbonyl (C=O) groups is 1. The molecule has 0 saturated carbocycles. The molecule has 140 valence electrons. The average Bonchev–Trinajstić information content (AvgIpc) is 2.65. The zero-order chi connectivity index (χ0) is 19.2. The van der Waals surface area contributed by atoms with Crippen LogP contribution in [0.5, 0.6) is 0 Å². The van der Waals surface area contributed by atoms with Gasteiger partial charge in [0.05, 0.1) is 10.6 Å². The zero-order valence-electron chi connectivity index (χ0n) is 14.7. The number of nitrogens with one attached hydrogen (secondary N) is 2. The predicted octanol–water partition coefficient (Wildman–Crippen LogP) is 1.99. The van der Waals surface area contributed by atoms with E-state index < -0.39 is 10.0 Å². The molecular weight excluding hydrogens is 357 g/mol. The fraction of sp³-hybridized carbons (Fsp3) is 0.278. The third-order valence-electron chi connectivity index (χ3n) is 3.92. The quantitative estimate of drug-likeness (QED) is 0.688. The Hall–Kier alpha value is -2.45. The molecule has 2 rings (SSSR count). The van der Waals surface area contributed by atoms with Crippen molar-refractivity contribution in [3.63, 3.8) is 0 Å². The number of anilines is 1. The number of hydrogen-bond acceptors (Lipinski definition) is 4. The van der Waals surface area contributed by atoms with Crippen molar-refractivity contribution in [1.82, 2.24) is 10.0 Å². The summed E-state index contributed by atoms with van der Waals surface area (Å²) in [4.78, 5) is 14.0. The zero-order valence-corrected chi connectivity index (χ0v) is 15.5. The minimum atomic E-state index is -3.52. The second-order valence-corrected chi connectivity index (χ2v) is 7.60. The summed E-state index contributed by atoms with van der Waals surface area (Å²) >= 11 is 0. The van der Waals surface area contributed by atoms with Gasteiger partial charge >= 0.3 is 0 Å². The number of amides is 1. The SMILES string of the molecule is CNS(=O)(=O)c1ccc(C(=O)NCCCN(C)c2ccccc2F)cc1. The minimum absolute atomic E-state index is 0.100. The van der Waals surface area contributed by atoms with Crippen LogP contribution in [0.4, 0.5) is 10.1 Å². The van der Waals surface area contributed by atoms with Gasteiger partial charge in [-0.3, -0.25) is 4.79 Å². The van der Waals surface area contributed by atoms with Gasteiger partial charge in [0, 0.05) is 25.7 Å². The van der Waals surface area contributed by atoms with Crippen LogP contribution >= 0.6 is 0 Å². The van der Waals surface area contributed by atoms with Gasteiger partial charge in [0.25, 0.3) is 5.91 Å². The first kappa shape index (κ1) is 19.9. The van der Waals surface area contributed by atoms with E-state index in [1.54, 1.807) is 30.1 Å². The van der Waals surface area contributed by atoms with Crippen LogP contribution < -0.4 is 14.9 Å². The summed E-state index contributed by atoms with van der Waals surface area (Å²) in [6.45, 7) is 1.01. The summed E-state index contributed by atoms with van der Waals surface area (Å²) in [5, 5.41) is 2.77. The Morgan fingerprint density at radius 1 is 1.12 bits per heavy atom. The lowest BCUT2D eigenvalue weighted by molar-refractivity contribution is 0.0953. The third kappa shape index (κ3) is 5.03. The largest absolute Gasteiger partial charge is 0.372 e. The highest BCUT2D eigenvalue weighted by molar-refractivity contribution is 7.89. The molecule has 0 fully saturated rings. The van der Waals surface area contributed by atoms with Gasteiger partial charge in [0.15, 0.2) is 0 Å². The van der Waals surface area contributed by atoms with Gasteiger partial charge in [0.2, 0.25) is 10.0 Å². The van der Waals surface area contributed by atoms with Crippen molar-refractivity contribution in [3.05, 3.63) is 59.9 Å². The molecule has 0 saturated heterocycles. The molecule has 0 bridgehead atoms. The molecule has 1 amide bonds. The molecule has 0 unspecified atom stereocenters. The van der Waals surface area contributed by atoms with Crippen LogP contribution in [0.25, 0.3) is 0 Å². The van der Waals surface area contributed by atoms with Crippen molar-refractivity contribution < 1.29 is 17.6 Å². The molecule has 0 aromatic heterocycles. The first-order chi connectivity index (χ1) is 12.3. The summed E-state index contributed by atoms with van der Waals surface area (Å²) in [7, 11) is -0.398. The van der Waals surface area contributed by atoms with Gasteiger partial charge in [0.1, 0.15) is 5.82 Å². The van der Waals surface area contributed by atoms with E-state index in [1.165, 1.54) is 37.4 Å². The fourth-order valence-electron chi connectivity index (χ4n) is 2.41. The monoisotopic (exact) mass is 379 g/mol. The smallest absolute Gasteiger partial charge is 0.251 e. The van der Waals surface area contributed by atoms with Crippen LogP contribution in [0.15, 0.2) is 53.4 Å². The summed E-state index contributed by atoms with van der Waals surface area (Å²) in [6, 6.07) is 12.2. The Bertz CT molecular complexity index is 854. The molecule has 6 nitrogen and oxygen atoms in total. The van der Waals surface area contributed by atoms with Crippen molar-refractivity contribution in [3.8, 4) is 0 Å². The van der Waals surface area contributed by atoms with E-state index in [0.717, 1.165) is 0 Å². The molecule has 2 aromatic rings. The Morgan fingerprint density at radius 2 is 1.77 bits per heavy atom. The number of sulfonamides is 1. The standard InChI is InChI=1S/C18H22FN3O3S/c1-20-26(24,25)15-10-8-14(9-11-15)18(23)21-12-5-13-22(2)17-7-4-3-6-16(17)19/h3-4,6-11,20H,5,12-13H2,1-2H3,(H,21,23). The summed E-state index contributed by atoms with van der Waals surface area (Å²) in [6.07, 6.45) is 0.642. The van der Waals surface area contributed by atoms with Gasteiger partial charge in [-0.2, -0.15) is 0 Å². The van der Waals surface area contributed by atoms with Crippen LogP contribution in [-0.2, 0) is 10.0 Å². The Labute approximate surface area is 153 Å². The molecular formula is C18H22FN3O3S. The van der Waals surface area contributed by atoms with Crippen molar-refractivity contribution in [2.24, 2.45) is 0 Å². The Balaban J connectivity index is 1.83. The van der Waals surface area contributed by atoms with Crippen molar-refractivity contribution in [2.75, 3.05) is 32.1 Å². The molecule has 0 aliphatic carbocycles. The minimum Gasteiger partial charge on any atom is -0.372 e. The molecule has 26 heavy (non-hydrogen) atoms. The number of halogens is 1. The number of rotatable bonds is 8. The van der Waals surface area contributed by atoms with E-state index in [0.29, 0.717) is 30.8 Å². The summed E-state index contributed by atoms with van der Waals surface area (Å²) < 4.78 is 39.2. The van der Waals surface area contributed by atoms with Crippen LogP contribution in [-0.4, -0.2) is 41.5 Å². The highest BCUT2D eigenvalue weighted by Gasteiger charge is 2.12. The highest BCUT2D eigenvalue weighted by Crippen LogP contribution is 2.16. The lowest BCUT2D eigenvalue weighted by atomic mass is 10.2. The Morgan fingerprint density at radius 3 is 2.38 bits per heavy atom. The van der Waals surface area contributed by atoms with Gasteiger partial charge < -0.3 is 10.2 Å². The van der Waals surface area contributed by atoms with Crippen molar-refractivity contribution >= 4 is 21.6 Å². The lowest BCUT2D eigenvalue weighted by Gasteiger charge is -2.19. The van der Waals surface area contributed by atoms with Crippen LogP contribution in [0, 0.1) is 5.82 Å². The molecule has 0 heterocycles. The van der Waals surface area contributed by atoms with E-state index in [-0.39, 0.29) is 16.6 Å². The maximum Gasteiger partial charge on any atom is 0.251 e. The van der Waals surface area contributed by atoms with Gasteiger partial charge in [-0.05, 0) is 49.9 Å². The van der Waals surface area contributed by atoms with Crippen LogP contribution in [0.3, 0.4) is 0 Å². The molecule has 0 aliphatic heterocycles. The van der Waals surface area contributed by atoms with E-state index in [9.17, 15) is 17.6 Å². The van der Waals surface area contributed by atoms with Gasteiger partial charge in [-0.25, -0.2) is 17.5 Å². The first-order valence-electron chi connectivity index (χ1n) is 8.12. The molecule has 0 spiro atoms. The normalized spacial score (nSPS) is 11.2. The third-order valence-corrected chi connectivity index (χ3v) is 5.35. The first-order valence-corrected chi connectivity index (χ1v) is 9.61. The molecule has 2 N–H and O–H groups in total. The van der Waals surface area contributed by atoms with E-state index in [1.807, 2.05) is 0 Å². The number of para-hydroxylation sites is 1. The Kier molecular flexibility index (Phi) is 6.70. The molecule has 8 heteroatoms. The predicted molar refractivity (Wildman–Crippen MR) is 99.3 cm³/mol. The number of benzene rings is 2. The lowest BCUT2D eigenvalue weighted by Crippen LogP contribution is -2.28. The van der Waals surface area contributed by atoms with Gasteiger partial charge in [-0.15, -0.1) is 0 Å². The van der Waals surface area contributed by atoms with Gasteiger partial charge in [-0.1, -0.05) is 12.1 Å². The maximum atomic E-state index is 13.7. The summed E-state index contributed by atoms with van der Waals surface area (Å²) in [5.41, 5.74) is 0.891. The summed E-state index contributed by atoms with van der Waals surface area (Å²) in [5.74, 6) is -0.567.